The van der Waals surface area contributed by atoms with E-state index in [4.69, 9.17) is 0 Å². The molecule has 0 atom stereocenters. The van der Waals surface area contributed by atoms with Gasteiger partial charge in [-0.2, -0.15) is 5.10 Å². The van der Waals surface area contributed by atoms with Gasteiger partial charge in [0.25, 0.3) is 5.56 Å². The fourth-order valence-corrected chi connectivity index (χ4v) is 3.44. The summed E-state index contributed by atoms with van der Waals surface area (Å²) in [5.74, 6) is 0. The molecule has 6 heteroatoms. The molecule has 3 rings (SSSR count). The molecular formula is C21H28N4O2. The molecule has 2 N–H and O–H groups in total. The number of nitrogens with one attached hydrogen (secondary N) is 2. The second-order valence-corrected chi connectivity index (χ2v) is 7.09. The third kappa shape index (κ3) is 5.94. The SMILES string of the molecule is O=C(NCCCCn1nc(-c2ccccc2)ccc1=O)NC1CCCCC1. The third-order valence-corrected chi connectivity index (χ3v) is 4.96. The van der Waals surface area contributed by atoms with Crippen molar-refractivity contribution in [2.24, 2.45) is 0 Å². The lowest BCUT2D eigenvalue weighted by Gasteiger charge is -2.22. The Balaban J connectivity index is 1.41. The molecule has 0 radical (unpaired) electrons. The van der Waals surface area contributed by atoms with Crippen molar-refractivity contribution in [2.45, 2.75) is 57.5 Å². The number of unbranched alkanes of at least 4 members (excludes halogenated alkanes) is 1. The zero-order chi connectivity index (χ0) is 18.9. The highest BCUT2D eigenvalue weighted by molar-refractivity contribution is 5.74. The molecule has 1 aliphatic carbocycles. The number of rotatable bonds is 7. The third-order valence-electron chi connectivity index (χ3n) is 4.96. The first-order valence-corrected chi connectivity index (χ1v) is 9.90. The van der Waals surface area contributed by atoms with Crippen LogP contribution in [0.5, 0.6) is 0 Å². The smallest absolute Gasteiger partial charge is 0.315 e. The first-order chi connectivity index (χ1) is 13.2. The summed E-state index contributed by atoms with van der Waals surface area (Å²) in [6.45, 7) is 1.15. The first-order valence-electron chi connectivity index (χ1n) is 9.90. The highest BCUT2D eigenvalue weighted by atomic mass is 16.2. The van der Waals surface area contributed by atoms with Crippen LogP contribution in [-0.2, 0) is 6.54 Å². The molecular weight excluding hydrogens is 340 g/mol. The van der Waals surface area contributed by atoms with Gasteiger partial charge in [0, 0.05) is 30.8 Å². The van der Waals surface area contributed by atoms with E-state index in [2.05, 4.69) is 15.7 Å². The molecule has 144 valence electrons. The van der Waals surface area contributed by atoms with Crippen LogP contribution in [0.3, 0.4) is 0 Å². The largest absolute Gasteiger partial charge is 0.338 e. The molecule has 2 aromatic rings. The van der Waals surface area contributed by atoms with E-state index < -0.39 is 0 Å². The predicted molar refractivity (Wildman–Crippen MR) is 107 cm³/mol. The molecule has 1 saturated carbocycles. The summed E-state index contributed by atoms with van der Waals surface area (Å²) in [5, 5.41) is 10.4. The van der Waals surface area contributed by atoms with Crippen LogP contribution in [0.25, 0.3) is 11.3 Å². The number of benzene rings is 1. The number of nitrogens with zero attached hydrogens (tertiary/aromatic N) is 2. The Kier molecular flexibility index (Phi) is 7.02. The predicted octanol–water partition coefficient (Wildman–Crippen LogP) is 3.32. The van der Waals surface area contributed by atoms with Gasteiger partial charge in [-0.1, -0.05) is 49.6 Å². The topological polar surface area (TPSA) is 76.0 Å². The maximum Gasteiger partial charge on any atom is 0.315 e. The molecule has 1 heterocycles. The Hall–Kier alpha value is -2.63. The number of aromatic nitrogens is 2. The van der Waals surface area contributed by atoms with Crippen LogP contribution in [0.4, 0.5) is 4.79 Å². The average Bonchev–Trinajstić information content (AvgIpc) is 2.70. The highest BCUT2D eigenvalue weighted by Gasteiger charge is 2.15. The van der Waals surface area contributed by atoms with Crippen molar-refractivity contribution in [2.75, 3.05) is 6.54 Å². The fraction of sp³-hybridized carbons (Fsp3) is 0.476. The van der Waals surface area contributed by atoms with E-state index >= 15 is 0 Å². The Bertz CT molecular complexity index is 782. The summed E-state index contributed by atoms with van der Waals surface area (Å²) in [6.07, 6.45) is 7.44. The number of carbonyl (C=O) groups is 1. The van der Waals surface area contributed by atoms with Crippen molar-refractivity contribution in [3.8, 4) is 11.3 Å². The molecule has 6 nitrogen and oxygen atoms in total. The van der Waals surface area contributed by atoms with Gasteiger partial charge in [-0.3, -0.25) is 4.79 Å². The van der Waals surface area contributed by atoms with Crippen molar-refractivity contribution in [3.63, 3.8) is 0 Å². The average molecular weight is 368 g/mol. The van der Waals surface area contributed by atoms with E-state index in [0.29, 0.717) is 19.1 Å². The number of urea groups is 1. The monoisotopic (exact) mass is 368 g/mol. The Morgan fingerprint density at radius 2 is 1.81 bits per heavy atom. The van der Waals surface area contributed by atoms with E-state index in [-0.39, 0.29) is 11.6 Å². The Labute approximate surface area is 160 Å². The lowest BCUT2D eigenvalue weighted by molar-refractivity contribution is 0.232. The van der Waals surface area contributed by atoms with Gasteiger partial charge in [0.15, 0.2) is 0 Å². The summed E-state index contributed by atoms with van der Waals surface area (Å²) in [4.78, 5) is 23.9. The summed E-state index contributed by atoms with van der Waals surface area (Å²) < 4.78 is 1.50. The van der Waals surface area contributed by atoms with Crippen molar-refractivity contribution in [1.82, 2.24) is 20.4 Å². The zero-order valence-electron chi connectivity index (χ0n) is 15.7. The quantitative estimate of drug-likeness (QED) is 0.736. The van der Waals surface area contributed by atoms with E-state index in [1.807, 2.05) is 30.3 Å². The van der Waals surface area contributed by atoms with Crippen LogP contribution in [0, 0.1) is 0 Å². The van der Waals surface area contributed by atoms with Crippen LogP contribution < -0.4 is 16.2 Å². The first kappa shape index (κ1) is 19.1. The van der Waals surface area contributed by atoms with Gasteiger partial charge in [0.05, 0.1) is 5.69 Å². The Morgan fingerprint density at radius 3 is 2.59 bits per heavy atom. The van der Waals surface area contributed by atoms with Crippen molar-refractivity contribution in [1.29, 1.82) is 0 Å². The highest BCUT2D eigenvalue weighted by Crippen LogP contribution is 2.17. The van der Waals surface area contributed by atoms with E-state index in [0.717, 1.165) is 36.9 Å². The van der Waals surface area contributed by atoms with Crippen LogP contribution >= 0.6 is 0 Å². The number of hydrogen-bond acceptors (Lipinski definition) is 3. The van der Waals surface area contributed by atoms with Crippen molar-refractivity contribution >= 4 is 6.03 Å². The van der Waals surface area contributed by atoms with Gasteiger partial charge in [-0.25, -0.2) is 9.48 Å². The van der Waals surface area contributed by atoms with Crippen LogP contribution in [0.15, 0.2) is 47.3 Å². The van der Waals surface area contributed by atoms with Crippen LogP contribution in [0.1, 0.15) is 44.9 Å². The molecule has 0 aliphatic heterocycles. The minimum absolute atomic E-state index is 0.0803. The normalized spacial score (nSPS) is 14.7. The molecule has 27 heavy (non-hydrogen) atoms. The summed E-state index contributed by atoms with van der Waals surface area (Å²) >= 11 is 0. The molecule has 1 fully saturated rings. The maximum absolute atomic E-state index is 12.0. The van der Waals surface area contributed by atoms with Crippen LogP contribution in [-0.4, -0.2) is 28.4 Å². The summed E-state index contributed by atoms with van der Waals surface area (Å²) in [7, 11) is 0. The van der Waals surface area contributed by atoms with Crippen molar-refractivity contribution < 1.29 is 4.79 Å². The minimum atomic E-state index is -0.0994. The lowest BCUT2D eigenvalue weighted by Crippen LogP contribution is -2.43. The fourth-order valence-electron chi connectivity index (χ4n) is 3.44. The van der Waals surface area contributed by atoms with Gasteiger partial charge < -0.3 is 10.6 Å². The number of carbonyl (C=O) groups excluding carboxylic acids is 1. The molecule has 0 unspecified atom stereocenters. The standard InChI is InChI=1S/C21H28N4O2/c26-20-14-13-19(17-9-3-1-4-10-17)24-25(20)16-8-7-15-22-21(27)23-18-11-5-2-6-12-18/h1,3-4,9-10,13-14,18H,2,5-8,11-12,15-16H2,(H2,22,23,27). The summed E-state index contributed by atoms with van der Waals surface area (Å²) in [6, 6.07) is 13.4. The Morgan fingerprint density at radius 1 is 1.04 bits per heavy atom. The minimum Gasteiger partial charge on any atom is -0.338 e. The van der Waals surface area contributed by atoms with Crippen LogP contribution in [0.2, 0.25) is 0 Å². The maximum atomic E-state index is 12.0. The molecule has 0 spiro atoms. The van der Waals surface area contributed by atoms with Gasteiger partial charge >= 0.3 is 6.03 Å². The lowest BCUT2D eigenvalue weighted by atomic mass is 9.96. The summed E-state index contributed by atoms with van der Waals surface area (Å²) in [5.41, 5.74) is 1.69. The zero-order valence-corrected chi connectivity index (χ0v) is 15.7. The van der Waals surface area contributed by atoms with Gasteiger partial charge in [0.1, 0.15) is 0 Å². The second-order valence-electron chi connectivity index (χ2n) is 7.09. The number of amides is 2. The molecule has 0 saturated heterocycles. The van der Waals surface area contributed by atoms with E-state index in [9.17, 15) is 9.59 Å². The molecule has 1 aromatic carbocycles. The molecule has 1 aromatic heterocycles. The number of hydrogen-bond donors (Lipinski definition) is 2. The molecule has 2 amide bonds. The number of aryl methyl sites for hydroxylation is 1. The van der Waals surface area contributed by atoms with Gasteiger partial charge in [-0.15, -0.1) is 0 Å². The van der Waals surface area contributed by atoms with E-state index in [1.54, 1.807) is 12.1 Å². The van der Waals surface area contributed by atoms with Gasteiger partial charge in [-0.05, 0) is 31.7 Å². The van der Waals surface area contributed by atoms with Gasteiger partial charge in [0.2, 0.25) is 0 Å². The molecule has 1 aliphatic rings. The second kappa shape index (κ2) is 9.90. The van der Waals surface area contributed by atoms with Crippen molar-refractivity contribution in [3.05, 3.63) is 52.8 Å². The van der Waals surface area contributed by atoms with E-state index in [1.165, 1.54) is 23.9 Å². The molecule has 0 bridgehead atoms.